The second-order valence-corrected chi connectivity index (χ2v) is 2.77. The van der Waals surface area contributed by atoms with E-state index < -0.39 is 5.91 Å². The number of anilines is 1. The molecule has 0 aliphatic carbocycles. The van der Waals surface area contributed by atoms with Gasteiger partial charge in [-0.15, -0.1) is 0 Å². The van der Waals surface area contributed by atoms with Crippen LogP contribution >= 0.6 is 0 Å². The topological polar surface area (TPSA) is 99.2 Å². The number of amides is 2. The molecule has 0 unspecified atom stereocenters. The molecule has 2 amide bonds. The van der Waals surface area contributed by atoms with Gasteiger partial charge in [-0.2, -0.15) is 5.10 Å². The summed E-state index contributed by atoms with van der Waals surface area (Å²) in [5.41, 5.74) is 5.29. The number of carbonyl (C=O) groups is 2. The van der Waals surface area contributed by atoms with Crippen LogP contribution in [0.15, 0.2) is 6.20 Å². The van der Waals surface area contributed by atoms with E-state index in [0.717, 1.165) is 0 Å². The first-order valence-corrected chi connectivity index (χ1v) is 4.25. The highest BCUT2D eigenvalue weighted by Gasteiger charge is 2.12. The lowest BCUT2D eigenvalue weighted by atomic mass is 10.3. The fraction of sp³-hybridized carbons (Fsp3) is 0.375. The molecule has 0 fully saturated rings. The minimum Gasteiger partial charge on any atom is -0.383 e. The van der Waals surface area contributed by atoms with E-state index in [-0.39, 0.29) is 11.4 Å². The number of ether oxygens (including phenoxy) is 1. The van der Waals surface area contributed by atoms with E-state index in [0.29, 0.717) is 19.6 Å². The Kier molecular flexibility index (Phi) is 3.81. The average molecular weight is 212 g/mol. The first-order valence-electron chi connectivity index (χ1n) is 4.25. The molecule has 0 radical (unpaired) electrons. The molecular formula is C8H12N4O3. The summed E-state index contributed by atoms with van der Waals surface area (Å²) in [7, 11) is 1.56. The van der Waals surface area contributed by atoms with Crippen molar-refractivity contribution in [3.05, 3.63) is 11.8 Å². The second kappa shape index (κ2) is 5.11. The van der Waals surface area contributed by atoms with E-state index in [1.807, 2.05) is 0 Å². The summed E-state index contributed by atoms with van der Waals surface area (Å²) in [5.74, 6) is -0.475. The van der Waals surface area contributed by atoms with Crippen LogP contribution in [-0.2, 0) is 16.1 Å². The zero-order valence-corrected chi connectivity index (χ0v) is 8.27. The molecule has 1 heterocycles. The Morgan fingerprint density at radius 2 is 2.53 bits per heavy atom. The van der Waals surface area contributed by atoms with Crippen LogP contribution in [0.1, 0.15) is 10.4 Å². The summed E-state index contributed by atoms with van der Waals surface area (Å²) < 4.78 is 6.33. The standard InChI is InChI=1S/C8H12N4O3/c1-15-3-2-12-4-6(7(9)14)8(11-12)10-5-13/h4-5H,2-3H2,1H3,(H2,9,14)(H,10,11,13). The fourth-order valence-electron chi connectivity index (χ4n) is 1.06. The largest absolute Gasteiger partial charge is 0.383 e. The zero-order valence-electron chi connectivity index (χ0n) is 8.27. The molecule has 0 aliphatic rings. The van der Waals surface area contributed by atoms with Crippen LogP contribution < -0.4 is 11.1 Å². The molecule has 0 saturated heterocycles. The van der Waals surface area contributed by atoms with E-state index >= 15 is 0 Å². The summed E-state index contributed by atoms with van der Waals surface area (Å²) in [5, 5.41) is 6.25. The molecule has 82 valence electrons. The molecule has 0 atom stereocenters. The summed E-state index contributed by atoms with van der Waals surface area (Å²) in [6.45, 7) is 0.942. The lowest BCUT2D eigenvalue weighted by Crippen LogP contribution is -2.12. The Hall–Kier alpha value is -1.89. The van der Waals surface area contributed by atoms with Crippen LogP contribution in [0.3, 0.4) is 0 Å². The highest BCUT2D eigenvalue weighted by atomic mass is 16.5. The van der Waals surface area contributed by atoms with Crippen molar-refractivity contribution in [2.75, 3.05) is 19.0 Å². The van der Waals surface area contributed by atoms with E-state index in [4.69, 9.17) is 10.5 Å². The van der Waals surface area contributed by atoms with Gasteiger partial charge in [0, 0.05) is 13.3 Å². The molecule has 7 heteroatoms. The molecule has 0 aromatic carbocycles. The van der Waals surface area contributed by atoms with Gasteiger partial charge in [0.25, 0.3) is 5.91 Å². The third kappa shape index (κ3) is 2.78. The number of methoxy groups -OCH3 is 1. The van der Waals surface area contributed by atoms with Gasteiger partial charge in [0.15, 0.2) is 5.82 Å². The lowest BCUT2D eigenvalue weighted by molar-refractivity contribution is -0.105. The van der Waals surface area contributed by atoms with Crippen molar-refractivity contribution in [1.29, 1.82) is 0 Å². The van der Waals surface area contributed by atoms with Crippen molar-refractivity contribution in [2.45, 2.75) is 6.54 Å². The van der Waals surface area contributed by atoms with Crippen molar-refractivity contribution < 1.29 is 14.3 Å². The quantitative estimate of drug-likeness (QED) is 0.603. The van der Waals surface area contributed by atoms with Crippen LogP contribution in [0.4, 0.5) is 5.82 Å². The van der Waals surface area contributed by atoms with Crippen molar-refractivity contribution in [3.63, 3.8) is 0 Å². The molecule has 7 nitrogen and oxygen atoms in total. The Morgan fingerprint density at radius 1 is 1.80 bits per heavy atom. The highest BCUT2D eigenvalue weighted by molar-refractivity contribution is 5.98. The number of nitrogens with one attached hydrogen (secondary N) is 1. The maximum atomic E-state index is 11.0. The Labute approximate surface area is 86.2 Å². The molecule has 0 saturated carbocycles. The van der Waals surface area contributed by atoms with Gasteiger partial charge in [-0.1, -0.05) is 0 Å². The maximum Gasteiger partial charge on any atom is 0.254 e. The van der Waals surface area contributed by atoms with Crippen molar-refractivity contribution in [1.82, 2.24) is 9.78 Å². The maximum absolute atomic E-state index is 11.0. The Balaban J connectivity index is 2.87. The monoisotopic (exact) mass is 212 g/mol. The van der Waals surface area contributed by atoms with Crippen molar-refractivity contribution in [3.8, 4) is 0 Å². The minimum atomic E-state index is -0.636. The van der Waals surface area contributed by atoms with Crippen molar-refractivity contribution in [2.24, 2.45) is 5.73 Å². The number of rotatable bonds is 6. The smallest absolute Gasteiger partial charge is 0.254 e. The molecule has 1 rings (SSSR count). The van der Waals surface area contributed by atoms with Gasteiger partial charge in [-0.05, 0) is 0 Å². The number of carbonyl (C=O) groups excluding carboxylic acids is 2. The number of nitrogens with two attached hydrogens (primary N) is 1. The summed E-state index contributed by atoms with van der Waals surface area (Å²) in [6, 6.07) is 0. The van der Waals surface area contributed by atoms with Crippen molar-refractivity contribution >= 4 is 18.1 Å². The number of primary amides is 1. The van der Waals surface area contributed by atoms with Crippen LogP contribution in [0.25, 0.3) is 0 Å². The number of hydrogen-bond acceptors (Lipinski definition) is 4. The third-order valence-electron chi connectivity index (χ3n) is 1.75. The molecule has 0 aliphatic heterocycles. The van der Waals surface area contributed by atoms with Gasteiger partial charge in [0.1, 0.15) is 5.56 Å². The summed E-state index contributed by atoms with van der Waals surface area (Å²) >= 11 is 0. The molecule has 3 N–H and O–H groups in total. The summed E-state index contributed by atoms with van der Waals surface area (Å²) in [4.78, 5) is 21.2. The highest BCUT2D eigenvalue weighted by Crippen LogP contribution is 2.11. The third-order valence-corrected chi connectivity index (χ3v) is 1.75. The van der Waals surface area contributed by atoms with E-state index in [1.54, 1.807) is 7.11 Å². The van der Waals surface area contributed by atoms with Gasteiger partial charge in [-0.3, -0.25) is 14.3 Å². The molecule has 0 bridgehead atoms. The van der Waals surface area contributed by atoms with Crippen LogP contribution in [0, 0.1) is 0 Å². The van der Waals surface area contributed by atoms with E-state index in [9.17, 15) is 9.59 Å². The molecule has 1 aromatic heterocycles. The first-order chi connectivity index (χ1) is 7.19. The number of hydrogen-bond donors (Lipinski definition) is 2. The molecule has 1 aromatic rings. The predicted octanol–water partition coefficient (Wildman–Crippen LogP) is -0.803. The van der Waals surface area contributed by atoms with E-state index in [2.05, 4.69) is 10.4 Å². The number of aromatic nitrogens is 2. The first kappa shape index (κ1) is 11.2. The molecule has 0 spiro atoms. The zero-order chi connectivity index (χ0) is 11.3. The Bertz CT molecular complexity index is 361. The van der Waals surface area contributed by atoms with Crippen LogP contribution in [-0.4, -0.2) is 35.8 Å². The SMILES string of the molecule is COCCn1cc(C(N)=O)c(NC=O)n1. The van der Waals surface area contributed by atoms with Gasteiger partial charge in [0.2, 0.25) is 6.41 Å². The predicted molar refractivity (Wildman–Crippen MR) is 52.3 cm³/mol. The normalized spacial score (nSPS) is 9.93. The molecule has 15 heavy (non-hydrogen) atoms. The van der Waals surface area contributed by atoms with E-state index in [1.165, 1.54) is 10.9 Å². The lowest BCUT2D eigenvalue weighted by Gasteiger charge is -1.98. The minimum absolute atomic E-state index is 0.161. The van der Waals surface area contributed by atoms with Gasteiger partial charge < -0.3 is 15.8 Å². The second-order valence-electron chi connectivity index (χ2n) is 2.77. The van der Waals surface area contributed by atoms with Crippen LogP contribution in [0.5, 0.6) is 0 Å². The number of nitrogens with zero attached hydrogens (tertiary/aromatic N) is 2. The average Bonchev–Trinajstić information content (AvgIpc) is 2.59. The molecular weight excluding hydrogens is 200 g/mol. The van der Waals surface area contributed by atoms with Crippen LogP contribution in [0.2, 0.25) is 0 Å². The summed E-state index contributed by atoms with van der Waals surface area (Å²) in [6.07, 6.45) is 1.91. The van der Waals surface area contributed by atoms with Gasteiger partial charge in [0.05, 0.1) is 13.2 Å². The van der Waals surface area contributed by atoms with Gasteiger partial charge in [-0.25, -0.2) is 0 Å². The Morgan fingerprint density at radius 3 is 3.07 bits per heavy atom. The fourth-order valence-corrected chi connectivity index (χ4v) is 1.06. The van der Waals surface area contributed by atoms with Gasteiger partial charge >= 0.3 is 0 Å².